The Bertz CT molecular complexity index is 815. The number of halogens is 1. The van der Waals surface area contributed by atoms with Crippen molar-refractivity contribution in [3.05, 3.63) is 65.7 Å². The molecule has 110 valence electrons. The molecule has 5 nitrogen and oxygen atoms in total. The molecule has 1 amide bonds. The van der Waals surface area contributed by atoms with Crippen LogP contribution in [0.15, 0.2) is 48.8 Å². The molecule has 2 aromatic carbocycles. The van der Waals surface area contributed by atoms with Gasteiger partial charge in [0.25, 0.3) is 5.91 Å². The summed E-state index contributed by atoms with van der Waals surface area (Å²) in [6, 6.07) is 11.5. The van der Waals surface area contributed by atoms with Gasteiger partial charge in [-0.25, -0.2) is 9.37 Å². The molecule has 0 aliphatic rings. The van der Waals surface area contributed by atoms with E-state index in [0.29, 0.717) is 22.6 Å². The van der Waals surface area contributed by atoms with Crippen LogP contribution in [0.3, 0.4) is 0 Å². The van der Waals surface area contributed by atoms with E-state index in [1.165, 1.54) is 24.5 Å². The van der Waals surface area contributed by atoms with Crippen LogP contribution in [0, 0.1) is 12.7 Å². The van der Waals surface area contributed by atoms with Gasteiger partial charge in [0, 0.05) is 16.8 Å². The lowest BCUT2D eigenvalue weighted by Crippen LogP contribution is -2.12. The van der Waals surface area contributed by atoms with Crippen molar-refractivity contribution in [2.75, 3.05) is 5.32 Å². The number of anilines is 1. The van der Waals surface area contributed by atoms with Crippen LogP contribution < -0.4 is 5.32 Å². The second-order valence-electron chi connectivity index (χ2n) is 4.83. The maximum absolute atomic E-state index is 13.3. The number of nitrogens with zero attached hydrogens (tertiary/aromatic N) is 2. The lowest BCUT2D eigenvalue weighted by Gasteiger charge is -2.07. The molecule has 0 atom stereocenters. The number of aromatic nitrogens is 3. The number of hydrogen-bond acceptors (Lipinski definition) is 3. The Hall–Kier alpha value is -3.02. The number of amides is 1. The number of H-pyrrole nitrogens is 1. The summed E-state index contributed by atoms with van der Waals surface area (Å²) in [5.74, 6) is -0.00425. The van der Waals surface area contributed by atoms with E-state index >= 15 is 0 Å². The minimum Gasteiger partial charge on any atom is -0.322 e. The Kier molecular flexibility index (Phi) is 3.65. The molecular weight excluding hydrogens is 283 g/mol. The average Bonchev–Trinajstić information content (AvgIpc) is 3.04. The van der Waals surface area contributed by atoms with Crippen LogP contribution in [0.2, 0.25) is 0 Å². The van der Waals surface area contributed by atoms with Crippen LogP contribution in [0.25, 0.3) is 11.4 Å². The highest BCUT2D eigenvalue weighted by atomic mass is 19.1. The molecule has 0 aliphatic heterocycles. The highest BCUT2D eigenvalue weighted by molar-refractivity contribution is 6.04. The largest absolute Gasteiger partial charge is 0.322 e. The Labute approximate surface area is 126 Å². The van der Waals surface area contributed by atoms with Crippen LogP contribution in [-0.2, 0) is 0 Å². The zero-order valence-corrected chi connectivity index (χ0v) is 11.8. The van der Waals surface area contributed by atoms with Crippen molar-refractivity contribution in [2.24, 2.45) is 0 Å². The molecule has 2 N–H and O–H groups in total. The van der Waals surface area contributed by atoms with Gasteiger partial charge in [-0.05, 0) is 42.8 Å². The fourth-order valence-electron chi connectivity index (χ4n) is 2.08. The first kappa shape index (κ1) is 13.9. The molecule has 1 heterocycles. The minimum atomic E-state index is -0.330. The monoisotopic (exact) mass is 296 g/mol. The van der Waals surface area contributed by atoms with Crippen LogP contribution in [-0.4, -0.2) is 21.1 Å². The van der Waals surface area contributed by atoms with Crippen molar-refractivity contribution in [2.45, 2.75) is 6.92 Å². The molecule has 1 aromatic heterocycles. The molecule has 22 heavy (non-hydrogen) atoms. The fraction of sp³-hybridized carbons (Fsp3) is 0.0625. The van der Waals surface area contributed by atoms with Crippen LogP contribution in [0.5, 0.6) is 0 Å². The van der Waals surface area contributed by atoms with Gasteiger partial charge in [0.2, 0.25) is 0 Å². The standard InChI is InChI=1S/C16H13FN4O/c1-10-7-12(5-6-14(10)17)16(22)20-13-4-2-3-11(8-13)15-18-9-19-21-15/h2-9H,1H3,(H,20,22)(H,18,19,21). The molecule has 0 saturated carbocycles. The molecule has 3 rings (SSSR count). The number of aryl methyl sites for hydroxylation is 1. The summed E-state index contributed by atoms with van der Waals surface area (Å²) in [6.45, 7) is 1.62. The van der Waals surface area contributed by atoms with E-state index in [1.54, 1.807) is 19.1 Å². The minimum absolute atomic E-state index is 0.294. The van der Waals surface area contributed by atoms with Crippen LogP contribution in [0.4, 0.5) is 10.1 Å². The van der Waals surface area contributed by atoms with Gasteiger partial charge in [0.05, 0.1) is 0 Å². The van der Waals surface area contributed by atoms with Gasteiger partial charge in [-0.15, -0.1) is 0 Å². The summed E-state index contributed by atoms with van der Waals surface area (Å²) in [5, 5.41) is 9.34. The van der Waals surface area contributed by atoms with E-state index in [4.69, 9.17) is 0 Å². The predicted molar refractivity (Wildman–Crippen MR) is 80.9 cm³/mol. The number of carbonyl (C=O) groups excluding carboxylic acids is 1. The summed E-state index contributed by atoms with van der Waals surface area (Å²) in [4.78, 5) is 16.3. The Morgan fingerprint density at radius 2 is 2.09 bits per heavy atom. The van der Waals surface area contributed by atoms with Crippen molar-refractivity contribution in [3.8, 4) is 11.4 Å². The number of nitrogens with one attached hydrogen (secondary N) is 2. The number of rotatable bonds is 3. The van der Waals surface area contributed by atoms with E-state index in [9.17, 15) is 9.18 Å². The maximum Gasteiger partial charge on any atom is 0.255 e. The smallest absolute Gasteiger partial charge is 0.255 e. The molecule has 0 spiro atoms. The molecule has 0 fully saturated rings. The zero-order chi connectivity index (χ0) is 15.5. The quantitative estimate of drug-likeness (QED) is 0.780. The topological polar surface area (TPSA) is 70.7 Å². The molecule has 0 saturated heterocycles. The second-order valence-corrected chi connectivity index (χ2v) is 4.83. The summed E-state index contributed by atoms with van der Waals surface area (Å²) in [5.41, 5.74) is 2.28. The van der Waals surface area contributed by atoms with Crippen molar-refractivity contribution in [3.63, 3.8) is 0 Å². The first-order valence-electron chi connectivity index (χ1n) is 6.67. The number of benzene rings is 2. The first-order valence-corrected chi connectivity index (χ1v) is 6.67. The highest BCUT2D eigenvalue weighted by Gasteiger charge is 2.09. The molecule has 0 unspecified atom stereocenters. The van der Waals surface area contributed by atoms with E-state index in [0.717, 1.165) is 5.56 Å². The van der Waals surface area contributed by atoms with E-state index in [1.807, 2.05) is 12.1 Å². The van der Waals surface area contributed by atoms with Gasteiger partial charge >= 0.3 is 0 Å². The average molecular weight is 296 g/mol. The molecule has 0 radical (unpaired) electrons. The van der Waals surface area contributed by atoms with Gasteiger partial charge in [0.1, 0.15) is 12.1 Å². The third kappa shape index (κ3) is 2.85. The van der Waals surface area contributed by atoms with Gasteiger partial charge in [-0.1, -0.05) is 12.1 Å². The number of carbonyl (C=O) groups is 1. The molecule has 3 aromatic rings. The Morgan fingerprint density at radius 3 is 2.82 bits per heavy atom. The zero-order valence-electron chi connectivity index (χ0n) is 11.8. The van der Waals surface area contributed by atoms with Crippen molar-refractivity contribution >= 4 is 11.6 Å². The van der Waals surface area contributed by atoms with E-state index < -0.39 is 0 Å². The van der Waals surface area contributed by atoms with Gasteiger partial charge in [0.15, 0.2) is 5.82 Å². The summed E-state index contributed by atoms with van der Waals surface area (Å²) >= 11 is 0. The molecule has 6 heteroatoms. The highest BCUT2D eigenvalue weighted by Crippen LogP contribution is 2.19. The maximum atomic E-state index is 13.3. The molecular formula is C16H13FN4O. The fourth-order valence-corrected chi connectivity index (χ4v) is 2.08. The third-order valence-electron chi connectivity index (χ3n) is 3.23. The van der Waals surface area contributed by atoms with Crippen molar-refractivity contribution in [1.29, 1.82) is 0 Å². The van der Waals surface area contributed by atoms with Crippen molar-refractivity contribution < 1.29 is 9.18 Å². The van der Waals surface area contributed by atoms with Crippen LogP contribution >= 0.6 is 0 Å². The molecule has 0 aliphatic carbocycles. The number of hydrogen-bond donors (Lipinski definition) is 2. The lowest BCUT2D eigenvalue weighted by molar-refractivity contribution is 0.102. The van der Waals surface area contributed by atoms with Gasteiger partial charge < -0.3 is 5.32 Å². The van der Waals surface area contributed by atoms with E-state index in [-0.39, 0.29) is 11.7 Å². The predicted octanol–water partition coefficient (Wildman–Crippen LogP) is 3.17. The van der Waals surface area contributed by atoms with Gasteiger partial charge in [-0.2, -0.15) is 5.10 Å². The summed E-state index contributed by atoms with van der Waals surface area (Å²) in [7, 11) is 0. The summed E-state index contributed by atoms with van der Waals surface area (Å²) < 4.78 is 13.3. The first-order chi connectivity index (χ1) is 10.6. The van der Waals surface area contributed by atoms with E-state index in [2.05, 4.69) is 20.5 Å². The normalized spacial score (nSPS) is 10.5. The summed E-state index contributed by atoms with van der Waals surface area (Å²) in [6.07, 6.45) is 1.42. The third-order valence-corrected chi connectivity index (χ3v) is 3.23. The Balaban J connectivity index is 1.82. The van der Waals surface area contributed by atoms with Gasteiger partial charge in [-0.3, -0.25) is 9.89 Å². The Morgan fingerprint density at radius 1 is 1.23 bits per heavy atom. The second kappa shape index (κ2) is 5.77. The lowest BCUT2D eigenvalue weighted by atomic mass is 10.1. The van der Waals surface area contributed by atoms with Crippen LogP contribution in [0.1, 0.15) is 15.9 Å². The molecule has 0 bridgehead atoms. The number of aromatic amines is 1. The SMILES string of the molecule is Cc1cc(C(=O)Nc2cccc(-c3ncn[nH]3)c2)ccc1F. The van der Waals surface area contributed by atoms with Crippen molar-refractivity contribution in [1.82, 2.24) is 15.2 Å².